The predicted octanol–water partition coefficient (Wildman–Crippen LogP) is 3.29. The van der Waals surface area contributed by atoms with Crippen molar-refractivity contribution in [1.82, 2.24) is 4.31 Å². The number of rotatable bonds is 6. The first-order chi connectivity index (χ1) is 13.9. The van der Waals surface area contributed by atoms with Crippen LogP contribution in [0.4, 0.5) is 16.2 Å². The van der Waals surface area contributed by atoms with Crippen LogP contribution in [0, 0.1) is 0 Å². The standard InChI is InChI=1S/C20H23N3O5S/c1-2-28-20(25)22-16-8-5-7-15(13-16)19(24)21-17-9-6-10-18(14-17)29(26,27)23-11-3-4-12-23/h5-10,13-14H,2-4,11-12H2,1H3,(H,21,24)(H,22,25). The normalized spacial score (nSPS) is 14.4. The molecule has 2 aromatic rings. The summed E-state index contributed by atoms with van der Waals surface area (Å²) in [6, 6.07) is 12.6. The molecule has 2 aromatic carbocycles. The molecule has 0 aromatic heterocycles. The Bertz CT molecular complexity index is 1000. The fraction of sp³-hybridized carbons (Fsp3) is 0.300. The van der Waals surface area contributed by atoms with E-state index < -0.39 is 22.0 Å². The van der Waals surface area contributed by atoms with E-state index in [0.29, 0.717) is 30.0 Å². The number of hydrogen-bond acceptors (Lipinski definition) is 5. The van der Waals surface area contributed by atoms with Crippen molar-refractivity contribution in [2.24, 2.45) is 0 Å². The molecule has 29 heavy (non-hydrogen) atoms. The minimum atomic E-state index is -3.57. The topological polar surface area (TPSA) is 105 Å². The summed E-state index contributed by atoms with van der Waals surface area (Å²) < 4.78 is 31.7. The summed E-state index contributed by atoms with van der Waals surface area (Å²) in [7, 11) is -3.57. The van der Waals surface area contributed by atoms with Gasteiger partial charge in [-0.05, 0) is 56.2 Å². The predicted molar refractivity (Wildman–Crippen MR) is 109 cm³/mol. The van der Waals surface area contributed by atoms with Crippen LogP contribution in [0.15, 0.2) is 53.4 Å². The zero-order valence-electron chi connectivity index (χ0n) is 16.1. The van der Waals surface area contributed by atoms with E-state index in [1.807, 2.05) is 0 Å². The number of amides is 2. The number of nitrogens with one attached hydrogen (secondary N) is 2. The highest BCUT2D eigenvalue weighted by molar-refractivity contribution is 7.89. The lowest BCUT2D eigenvalue weighted by Gasteiger charge is -2.16. The average molecular weight is 417 g/mol. The molecule has 1 saturated heterocycles. The highest BCUT2D eigenvalue weighted by Gasteiger charge is 2.27. The van der Waals surface area contributed by atoms with Gasteiger partial charge in [0, 0.05) is 30.0 Å². The number of ether oxygens (including phenoxy) is 1. The number of carbonyl (C=O) groups is 2. The van der Waals surface area contributed by atoms with Gasteiger partial charge in [0.1, 0.15) is 0 Å². The van der Waals surface area contributed by atoms with Crippen LogP contribution in [0.3, 0.4) is 0 Å². The maximum absolute atomic E-state index is 12.7. The molecule has 154 valence electrons. The molecule has 0 spiro atoms. The third kappa shape index (κ3) is 5.12. The third-order valence-electron chi connectivity index (χ3n) is 4.44. The van der Waals surface area contributed by atoms with Gasteiger partial charge < -0.3 is 10.1 Å². The third-order valence-corrected chi connectivity index (χ3v) is 6.34. The van der Waals surface area contributed by atoms with Crippen molar-refractivity contribution < 1.29 is 22.7 Å². The van der Waals surface area contributed by atoms with Crippen LogP contribution in [-0.4, -0.2) is 44.4 Å². The second kappa shape index (κ2) is 9.06. The van der Waals surface area contributed by atoms with Gasteiger partial charge in [-0.25, -0.2) is 13.2 Å². The van der Waals surface area contributed by atoms with Gasteiger partial charge in [0.2, 0.25) is 10.0 Å². The first kappa shape index (κ1) is 20.8. The maximum Gasteiger partial charge on any atom is 0.411 e. The van der Waals surface area contributed by atoms with Gasteiger partial charge in [-0.2, -0.15) is 4.31 Å². The first-order valence-corrected chi connectivity index (χ1v) is 10.8. The second-order valence-electron chi connectivity index (χ2n) is 6.52. The van der Waals surface area contributed by atoms with Gasteiger partial charge in [0.05, 0.1) is 11.5 Å². The van der Waals surface area contributed by atoms with Gasteiger partial charge in [0.25, 0.3) is 5.91 Å². The first-order valence-electron chi connectivity index (χ1n) is 9.35. The zero-order chi connectivity index (χ0) is 20.9. The average Bonchev–Trinajstić information content (AvgIpc) is 3.24. The molecule has 8 nitrogen and oxygen atoms in total. The molecule has 0 unspecified atom stereocenters. The van der Waals surface area contributed by atoms with Crippen molar-refractivity contribution in [3.8, 4) is 0 Å². The molecule has 9 heteroatoms. The number of nitrogens with zero attached hydrogens (tertiary/aromatic N) is 1. The van der Waals surface area contributed by atoms with Crippen LogP contribution in [0.1, 0.15) is 30.1 Å². The summed E-state index contributed by atoms with van der Waals surface area (Å²) in [5.41, 5.74) is 1.10. The lowest BCUT2D eigenvalue weighted by molar-refractivity contribution is 0.102. The summed E-state index contributed by atoms with van der Waals surface area (Å²) in [6.07, 6.45) is 1.10. The van der Waals surface area contributed by atoms with Gasteiger partial charge in [-0.15, -0.1) is 0 Å². The molecule has 1 aliphatic rings. The molecule has 0 aliphatic carbocycles. The monoisotopic (exact) mass is 417 g/mol. The van der Waals surface area contributed by atoms with E-state index >= 15 is 0 Å². The summed E-state index contributed by atoms with van der Waals surface area (Å²) in [5.74, 6) is -0.423. The highest BCUT2D eigenvalue weighted by atomic mass is 32.2. The molecular weight excluding hydrogens is 394 g/mol. The van der Waals surface area contributed by atoms with Crippen molar-refractivity contribution in [1.29, 1.82) is 0 Å². The minimum absolute atomic E-state index is 0.148. The maximum atomic E-state index is 12.7. The molecule has 2 amide bonds. The minimum Gasteiger partial charge on any atom is -0.450 e. The van der Waals surface area contributed by atoms with Crippen LogP contribution in [0.5, 0.6) is 0 Å². The Hall–Kier alpha value is -2.91. The lowest BCUT2D eigenvalue weighted by atomic mass is 10.2. The Kier molecular flexibility index (Phi) is 6.50. The summed E-state index contributed by atoms with van der Waals surface area (Å²) in [5, 5.41) is 5.24. The number of hydrogen-bond donors (Lipinski definition) is 2. The molecule has 0 atom stereocenters. The zero-order valence-corrected chi connectivity index (χ0v) is 16.9. The number of carbonyl (C=O) groups excluding carboxylic acids is 2. The fourth-order valence-corrected chi connectivity index (χ4v) is 4.60. The molecule has 0 radical (unpaired) electrons. The van der Waals surface area contributed by atoms with Gasteiger partial charge in [0.15, 0.2) is 0 Å². The molecular formula is C20H23N3O5S. The number of sulfonamides is 1. The van der Waals surface area contributed by atoms with Gasteiger partial charge in [-0.3, -0.25) is 10.1 Å². The van der Waals surface area contributed by atoms with E-state index in [-0.39, 0.29) is 11.5 Å². The molecule has 3 rings (SSSR count). The van der Waals surface area contributed by atoms with Crippen LogP contribution < -0.4 is 10.6 Å². The molecule has 2 N–H and O–H groups in total. The van der Waals surface area contributed by atoms with E-state index in [0.717, 1.165) is 12.8 Å². The largest absolute Gasteiger partial charge is 0.450 e. The van der Waals surface area contributed by atoms with Crippen LogP contribution in [0.25, 0.3) is 0 Å². The number of anilines is 2. The second-order valence-corrected chi connectivity index (χ2v) is 8.46. The summed E-state index contributed by atoms with van der Waals surface area (Å²) in [6.45, 7) is 2.96. The van der Waals surface area contributed by atoms with Crippen molar-refractivity contribution in [3.63, 3.8) is 0 Å². The van der Waals surface area contributed by atoms with E-state index in [1.165, 1.54) is 22.5 Å². The molecule has 0 bridgehead atoms. The van der Waals surface area contributed by atoms with E-state index in [2.05, 4.69) is 10.6 Å². The van der Waals surface area contributed by atoms with Crippen LogP contribution in [-0.2, 0) is 14.8 Å². The van der Waals surface area contributed by atoms with Crippen molar-refractivity contribution in [3.05, 3.63) is 54.1 Å². The molecule has 0 saturated carbocycles. The fourth-order valence-electron chi connectivity index (χ4n) is 3.04. The number of benzene rings is 2. The Balaban J connectivity index is 1.73. The van der Waals surface area contributed by atoms with Gasteiger partial charge in [-0.1, -0.05) is 12.1 Å². The summed E-state index contributed by atoms with van der Waals surface area (Å²) >= 11 is 0. The Labute approximate surface area is 169 Å². The lowest BCUT2D eigenvalue weighted by Crippen LogP contribution is -2.27. The van der Waals surface area contributed by atoms with Crippen LogP contribution >= 0.6 is 0 Å². The molecule has 1 heterocycles. The quantitative estimate of drug-likeness (QED) is 0.750. The Morgan fingerprint density at radius 1 is 1.00 bits per heavy atom. The van der Waals surface area contributed by atoms with E-state index in [1.54, 1.807) is 37.3 Å². The Morgan fingerprint density at radius 3 is 2.34 bits per heavy atom. The summed E-state index contributed by atoms with van der Waals surface area (Å²) in [4.78, 5) is 24.3. The highest BCUT2D eigenvalue weighted by Crippen LogP contribution is 2.23. The molecule has 1 fully saturated rings. The van der Waals surface area contributed by atoms with E-state index in [9.17, 15) is 18.0 Å². The van der Waals surface area contributed by atoms with Crippen molar-refractivity contribution >= 4 is 33.4 Å². The smallest absolute Gasteiger partial charge is 0.411 e. The Morgan fingerprint density at radius 2 is 1.66 bits per heavy atom. The molecule has 1 aliphatic heterocycles. The van der Waals surface area contributed by atoms with E-state index in [4.69, 9.17) is 4.74 Å². The SMILES string of the molecule is CCOC(=O)Nc1cccc(C(=O)Nc2cccc(S(=O)(=O)N3CCCC3)c2)c1. The van der Waals surface area contributed by atoms with Gasteiger partial charge >= 0.3 is 6.09 Å². The van der Waals surface area contributed by atoms with Crippen LogP contribution in [0.2, 0.25) is 0 Å². The van der Waals surface area contributed by atoms with Crippen molar-refractivity contribution in [2.45, 2.75) is 24.7 Å². The van der Waals surface area contributed by atoms with Crippen molar-refractivity contribution in [2.75, 3.05) is 30.3 Å².